The number of nitrogens with zero attached hydrogens (tertiary/aromatic N) is 1. The third-order valence-electron chi connectivity index (χ3n) is 4.46. The van der Waals surface area contributed by atoms with Crippen LogP contribution in [0, 0.1) is 20.8 Å². The van der Waals surface area contributed by atoms with Gasteiger partial charge in [0.2, 0.25) is 0 Å². The van der Waals surface area contributed by atoms with E-state index in [0.717, 1.165) is 22.5 Å². The Bertz CT molecular complexity index is 1010. The summed E-state index contributed by atoms with van der Waals surface area (Å²) in [6, 6.07) is 21.3. The van der Waals surface area contributed by atoms with Crippen molar-refractivity contribution in [3.63, 3.8) is 0 Å². The fraction of sp³-hybridized carbons (Fsp3) is 0.167. The Labute approximate surface area is 165 Å². The number of amides is 1. The number of nitrogens with one attached hydrogen (secondary N) is 1. The molecular formula is C24H24N2O2. The molecule has 3 aromatic carbocycles. The number of anilines is 1. The van der Waals surface area contributed by atoms with Crippen molar-refractivity contribution in [3.8, 4) is 5.75 Å². The molecule has 0 saturated heterocycles. The highest BCUT2D eigenvalue weighted by Gasteiger charge is 2.04. The van der Waals surface area contributed by atoms with E-state index in [0.29, 0.717) is 5.75 Å². The summed E-state index contributed by atoms with van der Waals surface area (Å²) in [5, 5.41) is 2.84. The van der Waals surface area contributed by atoms with Crippen LogP contribution in [0.1, 0.15) is 22.3 Å². The lowest BCUT2D eigenvalue weighted by Crippen LogP contribution is -2.20. The van der Waals surface area contributed by atoms with Gasteiger partial charge >= 0.3 is 0 Å². The van der Waals surface area contributed by atoms with Gasteiger partial charge in [0.1, 0.15) is 5.75 Å². The van der Waals surface area contributed by atoms with Gasteiger partial charge in [-0.15, -0.1) is 0 Å². The maximum absolute atomic E-state index is 12.1. The lowest BCUT2D eigenvalue weighted by Gasteiger charge is -2.08. The topological polar surface area (TPSA) is 50.7 Å². The number of aliphatic imine (C=N–C) groups is 1. The van der Waals surface area contributed by atoms with E-state index in [-0.39, 0.29) is 12.5 Å². The third kappa shape index (κ3) is 5.30. The zero-order valence-electron chi connectivity index (χ0n) is 16.4. The van der Waals surface area contributed by atoms with E-state index < -0.39 is 0 Å². The molecule has 0 bridgehead atoms. The van der Waals surface area contributed by atoms with Crippen molar-refractivity contribution in [2.75, 3.05) is 11.9 Å². The highest BCUT2D eigenvalue weighted by atomic mass is 16.5. The number of aryl methyl sites for hydroxylation is 2. The first kappa shape index (κ1) is 19.4. The average molecular weight is 372 g/mol. The van der Waals surface area contributed by atoms with Gasteiger partial charge in [0.05, 0.1) is 5.69 Å². The smallest absolute Gasteiger partial charge is 0.262 e. The molecule has 0 atom stereocenters. The van der Waals surface area contributed by atoms with Crippen LogP contribution in [0.25, 0.3) is 0 Å². The van der Waals surface area contributed by atoms with E-state index in [1.807, 2.05) is 67.6 Å². The number of benzene rings is 3. The average Bonchev–Trinajstić information content (AvgIpc) is 2.68. The van der Waals surface area contributed by atoms with Crippen LogP contribution in [-0.4, -0.2) is 18.7 Å². The summed E-state index contributed by atoms with van der Waals surface area (Å²) >= 11 is 0. The van der Waals surface area contributed by atoms with Crippen LogP contribution < -0.4 is 10.1 Å². The monoisotopic (exact) mass is 372 g/mol. The molecule has 142 valence electrons. The van der Waals surface area contributed by atoms with Gasteiger partial charge in [0.15, 0.2) is 6.61 Å². The first-order chi connectivity index (χ1) is 13.5. The van der Waals surface area contributed by atoms with Crippen molar-refractivity contribution < 1.29 is 9.53 Å². The van der Waals surface area contributed by atoms with Crippen LogP contribution >= 0.6 is 0 Å². The van der Waals surface area contributed by atoms with Crippen LogP contribution in [0.4, 0.5) is 11.4 Å². The SMILES string of the molecule is Cc1cccc(NC(=O)COc2cccc(C=Nc3cccc(C)c3C)c2)c1. The zero-order chi connectivity index (χ0) is 19.9. The molecule has 0 aliphatic rings. The predicted molar refractivity (Wildman–Crippen MR) is 115 cm³/mol. The second-order valence-electron chi connectivity index (χ2n) is 6.76. The number of carbonyl (C=O) groups is 1. The third-order valence-corrected chi connectivity index (χ3v) is 4.46. The van der Waals surface area contributed by atoms with Gasteiger partial charge in [0.25, 0.3) is 5.91 Å². The molecule has 3 aromatic rings. The highest BCUT2D eigenvalue weighted by molar-refractivity contribution is 5.92. The van der Waals surface area contributed by atoms with Crippen molar-refractivity contribution in [2.45, 2.75) is 20.8 Å². The minimum absolute atomic E-state index is 0.0501. The molecule has 0 heterocycles. The molecule has 0 aliphatic carbocycles. The van der Waals surface area contributed by atoms with E-state index in [9.17, 15) is 4.79 Å². The van der Waals surface area contributed by atoms with Crippen LogP contribution in [0.2, 0.25) is 0 Å². The fourth-order valence-corrected chi connectivity index (χ4v) is 2.77. The minimum atomic E-state index is -0.194. The van der Waals surface area contributed by atoms with E-state index in [1.54, 1.807) is 6.21 Å². The van der Waals surface area contributed by atoms with Crippen LogP contribution in [0.15, 0.2) is 71.7 Å². The normalized spacial score (nSPS) is 10.8. The summed E-state index contributed by atoms with van der Waals surface area (Å²) in [5.74, 6) is 0.435. The molecule has 4 heteroatoms. The van der Waals surface area contributed by atoms with Gasteiger partial charge < -0.3 is 10.1 Å². The molecule has 0 aliphatic heterocycles. The number of hydrogen-bond acceptors (Lipinski definition) is 3. The number of rotatable bonds is 6. The van der Waals surface area contributed by atoms with Gasteiger partial charge in [-0.2, -0.15) is 0 Å². The van der Waals surface area contributed by atoms with Gasteiger partial charge in [-0.25, -0.2) is 0 Å². The van der Waals surface area contributed by atoms with Gasteiger partial charge in [0, 0.05) is 11.9 Å². The molecule has 3 rings (SSSR count). The molecule has 0 fully saturated rings. The van der Waals surface area contributed by atoms with E-state index >= 15 is 0 Å². The van der Waals surface area contributed by atoms with Crippen molar-refractivity contribution in [3.05, 3.63) is 89.0 Å². The van der Waals surface area contributed by atoms with E-state index in [2.05, 4.69) is 30.2 Å². The number of hydrogen-bond donors (Lipinski definition) is 1. The van der Waals surface area contributed by atoms with Crippen molar-refractivity contribution in [1.82, 2.24) is 0 Å². The Morgan fingerprint density at radius 3 is 2.61 bits per heavy atom. The van der Waals surface area contributed by atoms with E-state index in [1.165, 1.54) is 11.1 Å². The Balaban J connectivity index is 1.61. The van der Waals surface area contributed by atoms with Gasteiger partial charge in [-0.05, 0) is 73.4 Å². The van der Waals surface area contributed by atoms with Crippen molar-refractivity contribution in [2.24, 2.45) is 4.99 Å². The Kier molecular flexibility index (Phi) is 6.22. The number of ether oxygens (including phenoxy) is 1. The second-order valence-corrected chi connectivity index (χ2v) is 6.76. The fourth-order valence-electron chi connectivity index (χ4n) is 2.77. The summed E-state index contributed by atoms with van der Waals surface area (Å²) in [7, 11) is 0. The quantitative estimate of drug-likeness (QED) is 0.591. The Morgan fingerprint density at radius 2 is 1.79 bits per heavy atom. The standard InChI is InChI=1S/C24H24N2O2/c1-17-7-4-10-21(13-17)26-24(27)16-28-22-11-6-9-20(14-22)15-25-23-12-5-8-18(2)19(23)3/h4-15H,16H2,1-3H3,(H,26,27). The summed E-state index contributed by atoms with van der Waals surface area (Å²) < 4.78 is 5.63. The minimum Gasteiger partial charge on any atom is -0.484 e. The molecule has 4 nitrogen and oxygen atoms in total. The lowest BCUT2D eigenvalue weighted by atomic mass is 10.1. The maximum atomic E-state index is 12.1. The summed E-state index contributed by atoms with van der Waals surface area (Å²) in [6.45, 7) is 6.07. The molecule has 0 unspecified atom stereocenters. The lowest BCUT2D eigenvalue weighted by molar-refractivity contribution is -0.118. The molecule has 0 saturated carbocycles. The Hall–Kier alpha value is -3.40. The molecule has 1 amide bonds. The van der Waals surface area contributed by atoms with Crippen LogP contribution in [-0.2, 0) is 4.79 Å². The summed E-state index contributed by atoms with van der Waals surface area (Å²) in [4.78, 5) is 16.7. The van der Waals surface area contributed by atoms with Crippen LogP contribution in [0.5, 0.6) is 5.75 Å². The van der Waals surface area contributed by atoms with Gasteiger partial charge in [-0.3, -0.25) is 9.79 Å². The van der Waals surface area contributed by atoms with Crippen LogP contribution in [0.3, 0.4) is 0 Å². The summed E-state index contributed by atoms with van der Waals surface area (Å²) in [5.41, 5.74) is 6.10. The number of carbonyl (C=O) groups excluding carboxylic acids is 1. The van der Waals surface area contributed by atoms with Gasteiger partial charge in [-0.1, -0.05) is 36.4 Å². The van der Waals surface area contributed by atoms with Crippen molar-refractivity contribution in [1.29, 1.82) is 0 Å². The molecular weight excluding hydrogens is 348 g/mol. The molecule has 0 spiro atoms. The van der Waals surface area contributed by atoms with Crippen molar-refractivity contribution >= 4 is 23.5 Å². The molecule has 0 radical (unpaired) electrons. The largest absolute Gasteiger partial charge is 0.484 e. The molecule has 0 aromatic heterocycles. The predicted octanol–water partition coefficient (Wildman–Crippen LogP) is 5.38. The summed E-state index contributed by atoms with van der Waals surface area (Å²) in [6.07, 6.45) is 1.81. The molecule has 1 N–H and O–H groups in total. The zero-order valence-corrected chi connectivity index (χ0v) is 16.4. The molecule has 28 heavy (non-hydrogen) atoms. The first-order valence-electron chi connectivity index (χ1n) is 9.21. The van der Waals surface area contributed by atoms with E-state index in [4.69, 9.17) is 4.74 Å². The maximum Gasteiger partial charge on any atom is 0.262 e. The Morgan fingerprint density at radius 1 is 1.00 bits per heavy atom. The second kappa shape index (κ2) is 9.00. The first-order valence-corrected chi connectivity index (χ1v) is 9.21. The highest BCUT2D eigenvalue weighted by Crippen LogP contribution is 2.21.